The van der Waals surface area contributed by atoms with Gasteiger partial charge >= 0.3 is 5.97 Å². The summed E-state index contributed by atoms with van der Waals surface area (Å²) in [5.41, 5.74) is 1.04. The Bertz CT molecular complexity index is 581. The summed E-state index contributed by atoms with van der Waals surface area (Å²) in [6, 6.07) is 6.98. The van der Waals surface area contributed by atoms with Gasteiger partial charge in [-0.25, -0.2) is 0 Å². The molecule has 0 fully saturated rings. The Morgan fingerprint density at radius 2 is 1.67 bits per heavy atom. The molecule has 4 heteroatoms. The maximum atomic E-state index is 13.1. The number of hydrogen-bond acceptors (Lipinski definition) is 4. The summed E-state index contributed by atoms with van der Waals surface area (Å²) >= 11 is 4.45. The van der Waals surface area contributed by atoms with Crippen LogP contribution in [0.5, 0.6) is 5.75 Å². The highest BCUT2D eigenvalue weighted by Gasteiger charge is 2.39. The predicted octanol–water partition coefficient (Wildman–Crippen LogP) is 6.22. The highest BCUT2D eigenvalue weighted by Crippen LogP contribution is 2.43. The van der Waals surface area contributed by atoms with Gasteiger partial charge in [-0.1, -0.05) is 60.6 Å². The molecule has 27 heavy (non-hydrogen) atoms. The lowest BCUT2D eigenvalue weighted by Gasteiger charge is -2.38. The maximum Gasteiger partial charge on any atom is 0.313 e. The lowest BCUT2D eigenvalue weighted by molar-refractivity contribution is -0.148. The van der Waals surface area contributed by atoms with E-state index < -0.39 is 0 Å². The van der Waals surface area contributed by atoms with E-state index in [0.717, 1.165) is 24.8 Å². The topological polar surface area (TPSA) is 46.5 Å². The van der Waals surface area contributed by atoms with Crippen molar-refractivity contribution < 1.29 is 14.6 Å². The molecule has 1 rings (SSSR count). The number of esters is 1. The standard InChI is InChI=1S/C23H38O3S/c1-8-18(27)15-26-21(25)20(16-9-11-17(24)12-10-16)19(23(5,6)7)13-14-22(2,3)4/h9-12,18-20,24,27H,8,13-15H2,1-7H3. The van der Waals surface area contributed by atoms with Gasteiger partial charge in [-0.05, 0) is 53.7 Å². The van der Waals surface area contributed by atoms with E-state index in [9.17, 15) is 9.90 Å². The molecule has 3 unspecified atom stereocenters. The van der Waals surface area contributed by atoms with Crippen LogP contribution in [0.15, 0.2) is 24.3 Å². The molecule has 0 spiro atoms. The molecule has 0 radical (unpaired) electrons. The fourth-order valence-electron chi connectivity index (χ4n) is 3.29. The minimum absolute atomic E-state index is 0.0529. The van der Waals surface area contributed by atoms with Crippen molar-refractivity contribution in [2.45, 2.75) is 78.9 Å². The third-order valence-corrected chi connectivity index (χ3v) is 5.63. The van der Waals surface area contributed by atoms with Gasteiger partial charge in [0.25, 0.3) is 0 Å². The van der Waals surface area contributed by atoms with Gasteiger partial charge in [0.15, 0.2) is 0 Å². The van der Waals surface area contributed by atoms with Gasteiger partial charge in [0, 0.05) is 5.25 Å². The molecule has 0 heterocycles. The first-order valence-electron chi connectivity index (χ1n) is 9.98. The summed E-state index contributed by atoms with van der Waals surface area (Å²) < 4.78 is 5.67. The van der Waals surface area contributed by atoms with Crippen molar-refractivity contribution in [2.24, 2.45) is 16.7 Å². The van der Waals surface area contributed by atoms with Crippen molar-refractivity contribution in [1.82, 2.24) is 0 Å². The Morgan fingerprint density at radius 3 is 2.11 bits per heavy atom. The molecule has 0 saturated carbocycles. The van der Waals surface area contributed by atoms with Crippen molar-refractivity contribution in [2.75, 3.05) is 6.61 Å². The van der Waals surface area contributed by atoms with E-state index in [-0.39, 0.29) is 39.6 Å². The minimum atomic E-state index is -0.356. The van der Waals surface area contributed by atoms with Crippen LogP contribution in [-0.2, 0) is 9.53 Å². The van der Waals surface area contributed by atoms with Gasteiger partial charge in [0.1, 0.15) is 12.4 Å². The van der Waals surface area contributed by atoms with Crippen LogP contribution in [0.25, 0.3) is 0 Å². The van der Waals surface area contributed by atoms with E-state index in [4.69, 9.17) is 4.74 Å². The first-order valence-corrected chi connectivity index (χ1v) is 10.5. The van der Waals surface area contributed by atoms with Crippen LogP contribution < -0.4 is 0 Å². The SMILES string of the molecule is CCC(S)COC(=O)C(c1ccc(O)cc1)C(CCC(C)(C)C)C(C)(C)C. The Kier molecular flexibility index (Phi) is 8.72. The third-order valence-electron chi connectivity index (χ3n) is 5.12. The van der Waals surface area contributed by atoms with Crippen LogP contribution in [0.3, 0.4) is 0 Å². The summed E-state index contributed by atoms with van der Waals surface area (Å²) in [6.07, 6.45) is 2.82. The molecule has 0 bridgehead atoms. The van der Waals surface area contributed by atoms with E-state index >= 15 is 0 Å². The van der Waals surface area contributed by atoms with Gasteiger partial charge in [-0.2, -0.15) is 12.6 Å². The van der Waals surface area contributed by atoms with E-state index in [2.05, 4.69) is 54.2 Å². The minimum Gasteiger partial charge on any atom is -0.508 e. The highest BCUT2D eigenvalue weighted by molar-refractivity contribution is 7.81. The molecule has 0 saturated heterocycles. The van der Waals surface area contributed by atoms with Crippen molar-refractivity contribution in [1.29, 1.82) is 0 Å². The number of thiol groups is 1. The molecular weight excluding hydrogens is 356 g/mol. The Balaban J connectivity index is 3.21. The zero-order valence-electron chi connectivity index (χ0n) is 18.1. The lowest BCUT2D eigenvalue weighted by Crippen LogP contribution is -2.34. The Hall–Kier alpha value is -1.16. The van der Waals surface area contributed by atoms with Crippen LogP contribution in [0.2, 0.25) is 0 Å². The molecule has 1 aromatic carbocycles. The zero-order chi connectivity index (χ0) is 20.8. The fraction of sp³-hybridized carbons (Fsp3) is 0.696. The molecule has 0 aromatic heterocycles. The van der Waals surface area contributed by atoms with Gasteiger partial charge in [-0.15, -0.1) is 0 Å². The van der Waals surface area contributed by atoms with Crippen LogP contribution in [0.1, 0.15) is 79.2 Å². The quantitative estimate of drug-likeness (QED) is 0.407. The second-order valence-electron chi connectivity index (χ2n) is 9.83. The van der Waals surface area contributed by atoms with E-state index in [0.29, 0.717) is 6.61 Å². The number of aromatic hydroxyl groups is 1. The van der Waals surface area contributed by atoms with Crippen molar-refractivity contribution in [3.8, 4) is 5.75 Å². The molecule has 0 aliphatic carbocycles. The van der Waals surface area contributed by atoms with E-state index in [1.165, 1.54) is 0 Å². The molecule has 1 N–H and O–H groups in total. The normalized spacial score (nSPS) is 15.9. The van der Waals surface area contributed by atoms with E-state index in [1.807, 2.05) is 19.1 Å². The van der Waals surface area contributed by atoms with Crippen LogP contribution in [0, 0.1) is 16.7 Å². The highest BCUT2D eigenvalue weighted by atomic mass is 32.1. The molecule has 3 atom stereocenters. The largest absolute Gasteiger partial charge is 0.508 e. The van der Waals surface area contributed by atoms with E-state index in [1.54, 1.807) is 12.1 Å². The number of hydrogen-bond donors (Lipinski definition) is 2. The average molecular weight is 395 g/mol. The summed E-state index contributed by atoms with van der Waals surface area (Å²) in [7, 11) is 0. The number of rotatable bonds is 8. The summed E-state index contributed by atoms with van der Waals surface area (Å²) in [6.45, 7) is 15.6. The smallest absolute Gasteiger partial charge is 0.313 e. The van der Waals surface area contributed by atoms with Gasteiger partial charge in [-0.3, -0.25) is 4.79 Å². The van der Waals surface area contributed by atoms with Crippen molar-refractivity contribution in [3.05, 3.63) is 29.8 Å². The lowest BCUT2D eigenvalue weighted by atomic mass is 9.67. The van der Waals surface area contributed by atoms with Crippen LogP contribution in [-0.4, -0.2) is 22.9 Å². The second kappa shape index (κ2) is 9.86. The number of ether oxygens (including phenoxy) is 1. The number of benzene rings is 1. The third kappa shape index (κ3) is 8.16. The molecule has 0 aliphatic heterocycles. The number of carbonyl (C=O) groups excluding carboxylic acids is 1. The molecular formula is C23H38O3S. The van der Waals surface area contributed by atoms with Crippen LogP contribution >= 0.6 is 12.6 Å². The van der Waals surface area contributed by atoms with Gasteiger partial charge < -0.3 is 9.84 Å². The molecule has 154 valence electrons. The van der Waals surface area contributed by atoms with Crippen LogP contribution in [0.4, 0.5) is 0 Å². The maximum absolute atomic E-state index is 13.1. The monoisotopic (exact) mass is 394 g/mol. The van der Waals surface area contributed by atoms with Crippen molar-refractivity contribution in [3.63, 3.8) is 0 Å². The first kappa shape index (κ1) is 23.9. The second-order valence-corrected chi connectivity index (χ2v) is 10.6. The molecule has 1 aromatic rings. The Labute approximate surface area is 171 Å². The van der Waals surface area contributed by atoms with Crippen molar-refractivity contribution >= 4 is 18.6 Å². The molecule has 0 amide bonds. The fourth-order valence-corrected chi connectivity index (χ4v) is 3.36. The number of carbonyl (C=O) groups is 1. The predicted molar refractivity (Wildman–Crippen MR) is 117 cm³/mol. The molecule has 0 aliphatic rings. The molecule has 3 nitrogen and oxygen atoms in total. The average Bonchev–Trinajstić information content (AvgIpc) is 2.55. The number of phenolic OH excluding ortho intramolecular Hbond substituents is 1. The summed E-state index contributed by atoms with van der Waals surface area (Å²) in [4.78, 5) is 13.1. The summed E-state index contributed by atoms with van der Waals surface area (Å²) in [5, 5.41) is 9.72. The zero-order valence-corrected chi connectivity index (χ0v) is 19.0. The van der Waals surface area contributed by atoms with Gasteiger partial charge in [0.2, 0.25) is 0 Å². The summed E-state index contributed by atoms with van der Waals surface area (Å²) in [5.74, 6) is -0.213. The Morgan fingerprint density at radius 1 is 1.11 bits per heavy atom. The van der Waals surface area contributed by atoms with Gasteiger partial charge in [0.05, 0.1) is 5.92 Å². The first-order chi connectivity index (χ1) is 12.3. The number of phenols is 1.